The zero-order chi connectivity index (χ0) is 16.8. The zero-order valence-electron chi connectivity index (χ0n) is 12.7. The summed E-state index contributed by atoms with van der Waals surface area (Å²) in [7, 11) is 0. The van der Waals surface area contributed by atoms with Crippen LogP contribution in [-0.4, -0.2) is 11.1 Å². The second kappa shape index (κ2) is 5.83. The monoisotopic (exact) mass is 359 g/mol. The van der Waals surface area contributed by atoms with Gasteiger partial charge < -0.3 is 10.4 Å². The standard InChI is InChI=1S/C19H15Cl2NO2/c20-11-4-1-3-10(9-11)17-13-6-2-5-12(13)16-14(19(23)24)7-8-15(21)18(16)22-17/h1-5,7-9,12-13,17,22H,6H2,(H,23,24)/t12?,13?,17-/m0/s1. The second-order valence-corrected chi connectivity index (χ2v) is 7.06. The fraction of sp³-hybridized carbons (Fsp3) is 0.211. The molecule has 5 heteroatoms. The minimum atomic E-state index is -0.926. The predicted octanol–water partition coefficient (Wildman–Crippen LogP) is 5.52. The van der Waals surface area contributed by atoms with Crippen LogP contribution >= 0.6 is 23.2 Å². The number of allylic oxidation sites excluding steroid dienone is 2. The number of rotatable bonds is 2. The van der Waals surface area contributed by atoms with Crippen LogP contribution in [0, 0.1) is 5.92 Å². The van der Waals surface area contributed by atoms with Gasteiger partial charge in [-0.2, -0.15) is 0 Å². The second-order valence-electron chi connectivity index (χ2n) is 6.22. The Morgan fingerprint density at radius 1 is 1.21 bits per heavy atom. The number of benzene rings is 2. The number of nitrogens with one attached hydrogen (secondary N) is 1. The Bertz CT molecular complexity index is 862. The van der Waals surface area contributed by atoms with Gasteiger partial charge in [0.25, 0.3) is 0 Å². The molecule has 0 fully saturated rings. The van der Waals surface area contributed by atoms with Gasteiger partial charge in [-0.1, -0.05) is 47.5 Å². The smallest absolute Gasteiger partial charge is 0.336 e. The summed E-state index contributed by atoms with van der Waals surface area (Å²) in [6.07, 6.45) is 5.11. The van der Waals surface area contributed by atoms with Crippen molar-refractivity contribution in [1.82, 2.24) is 0 Å². The lowest BCUT2D eigenvalue weighted by atomic mass is 9.75. The highest BCUT2D eigenvalue weighted by atomic mass is 35.5. The number of carboxylic acid groups (broad SMARTS) is 1. The summed E-state index contributed by atoms with van der Waals surface area (Å²) in [5.74, 6) is -0.646. The number of anilines is 1. The molecule has 2 unspecified atom stereocenters. The van der Waals surface area contributed by atoms with Crippen LogP contribution in [0.3, 0.4) is 0 Å². The van der Waals surface area contributed by atoms with Crippen molar-refractivity contribution in [2.24, 2.45) is 5.92 Å². The van der Waals surface area contributed by atoms with Crippen LogP contribution in [0.5, 0.6) is 0 Å². The first-order valence-corrected chi connectivity index (χ1v) is 8.56. The average Bonchev–Trinajstić information content (AvgIpc) is 3.04. The van der Waals surface area contributed by atoms with Gasteiger partial charge in [0.2, 0.25) is 0 Å². The maximum absolute atomic E-state index is 11.7. The van der Waals surface area contributed by atoms with Gasteiger partial charge in [0, 0.05) is 10.9 Å². The van der Waals surface area contributed by atoms with Crippen LogP contribution in [0.1, 0.15) is 39.9 Å². The third-order valence-electron chi connectivity index (χ3n) is 4.91. The van der Waals surface area contributed by atoms with Gasteiger partial charge >= 0.3 is 5.97 Å². The van der Waals surface area contributed by atoms with Crippen molar-refractivity contribution in [3.05, 3.63) is 75.3 Å². The predicted molar refractivity (Wildman–Crippen MR) is 96.2 cm³/mol. The molecule has 2 aliphatic rings. The molecule has 3 nitrogen and oxygen atoms in total. The molecular weight excluding hydrogens is 345 g/mol. The minimum absolute atomic E-state index is 0.0371. The molecule has 24 heavy (non-hydrogen) atoms. The maximum Gasteiger partial charge on any atom is 0.336 e. The lowest BCUT2D eigenvalue weighted by molar-refractivity contribution is 0.0695. The molecular formula is C19H15Cl2NO2. The van der Waals surface area contributed by atoms with Gasteiger partial charge in [-0.3, -0.25) is 0 Å². The number of fused-ring (bicyclic) bond motifs is 3. The number of hydrogen-bond acceptors (Lipinski definition) is 2. The highest BCUT2D eigenvalue weighted by Crippen LogP contribution is 2.52. The van der Waals surface area contributed by atoms with Crippen molar-refractivity contribution >= 4 is 34.9 Å². The van der Waals surface area contributed by atoms with Crippen LogP contribution in [0.4, 0.5) is 5.69 Å². The molecule has 3 atom stereocenters. The van der Waals surface area contributed by atoms with E-state index in [-0.39, 0.29) is 17.9 Å². The normalized spacial score (nSPS) is 24.2. The molecule has 1 aliphatic carbocycles. The Morgan fingerprint density at radius 3 is 2.79 bits per heavy atom. The molecule has 0 bridgehead atoms. The maximum atomic E-state index is 11.7. The fourth-order valence-electron chi connectivity index (χ4n) is 3.89. The molecule has 1 aliphatic heterocycles. The van der Waals surface area contributed by atoms with Crippen molar-refractivity contribution in [3.63, 3.8) is 0 Å². The summed E-state index contributed by atoms with van der Waals surface area (Å²) in [5.41, 5.74) is 2.90. The van der Waals surface area contributed by atoms with Crippen LogP contribution in [0.25, 0.3) is 0 Å². The van der Waals surface area contributed by atoms with E-state index in [0.29, 0.717) is 21.3 Å². The van der Waals surface area contributed by atoms with Crippen LogP contribution < -0.4 is 5.32 Å². The van der Waals surface area contributed by atoms with E-state index in [1.807, 2.05) is 24.3 Å². The van der Waals surface area contributed by atoms with E-state index < -0.39 is 5.97 Å². The minimum Gasteiger partial charge on any atom is -0.478 e. The summed E-state index contributed by atoms with van der Waals surface area (Å²) in [4.78, 5) is 11.7. The summed E-state index contributed by atoms with van der Waals surface area (Å²) < 4.78 is 0. The Labute approximate surface area is 149 Å². The zero-order valence-corrected chi connectivity index (χ0v) is 14.2. The first kappa shape index (κ1) is 15.6. The molecule has 0 saturated carbocycles. The highest BCUT2D eigenvalue weighted by Gasteiger charge is 2.40. The van der Waals surface area contributed by atoms with Crippen LogP contribution in [0.2, 0.25) is 10.0 Å². The Hall–Kier alpha value is -1.97. The quantitative estimate of drug-likeness (QED) is 0.694. The van der Waals surface area contributed by atoms with Gasteiger partial charge in [-0.05, 0) is 47.7 Å². The SMILES string of the molecule is O=C(O)c1ccc(Cl)c2c1C1C=CCC1[C@H](c1cccc(Cl)c1)N2. The van der Waals surface area contributed by atoms with Crippen LogP contribution in [0.15, 0.2) is 48.6 Å². The summed E-state index contributed by atoms with van der Waals surface area (Å²) in [6, 6.07) is 11.0. The van der Waals surface area contributed by atoms with Crippen molar-refractivity contribution < 1.29 is 9.90 Å². The van der Waals surface area contributed by atoms with E-state index in [4.69, 9.17) is 23.2 Å². The van der Waals surface area contributed by atoms with E-state index in [1.165, 1.54) is 0 Å². The number of hydrogen-bond donors (Lipinski definition) is 2. The molecule has 4 rings (SSSR count). The van der Waals surface area contributed by atoms with E-state index in [1.54, 1.807) is 12.1 Å². The van der Waals surface area contributed by atoms with Crippen molar-refractivity contribution in [2.75, 3.05) is 5.32 Å². The van der Waals surface area contributed by atoms with Gasteiger partial charge in [-0.25, -0.2) is 4.79 Å². The lowest BCUT2D eigenvalue weighted by Crippen LogP contribution is -2.30. The van der Waals surface area contributed by atoms with Gasteiger partial charge in [0.05, 0.1) is 22.3 Å². The van der Waals surface area contributed by atoms with E-state index in [0.717, 1.165) is 17.5 Å². The van der Waals surface area contributed by atoms with E-state index in [2.05, 4.69) is 17.5 Å². The summed E-state index contributed by atoms with van der Waals surface area (Å²) in [5, 5.41) is 14.3. The molecule has 0 saturated heterocycles. The Kier molecular flexibility index (Phi) is 3.78. The number of aromatic carboxylic acids is 1. The third-order valence-corrected chi connectivity index (χ3v) is 5.46. The number of carboxylic acids is 1. The first-order chi connectivity index (χ1) is 11.6. The summed E-state index contributed by atoms with van der Waals surface area (Å²) >= 11 is 12.5. The molecule has 122 valence electrons. The Morgan fingerprint density at radius 2 is 2.04 bits per heavy atom. The number of halogens is 2. The van der Waals surface area contributed by atoms with E-state index in [9.17, 15) is 9.90 Å². The molecule has 2 aromatic rings. The topological polar surface area (TPSA) is 49.3 Å². The first-order valence-electron chi connectivity index (χ1n) is 7.80. The number of carbonyl (C=O) groups is 1. The molecule has 2 aromatic carbocycles. The van der Waals surface area contributed by atoms with Crippen molar-refractivity contribution in [1.29, 1.82) is 0 Å². The largest absolute Gasteiger partial charge is 0.478 e. The highest BCUT2D eigenvalue weighted by molar-refractivity contribution is 6.33. The molecule has 1 heterocycles. The van der Waals surface area contributed by atoms with Gasteiger partial charge in [0.1, 0.15) is 0 Å². The van der Waals surface area contributed by atoms with E-state index >= 15 is 0 Å². The molecule has 0 amide bonds. The van der Waals surface area contributed by atoms with Gasteiger partial charge in [-0.15, -0.1) is 0 Å². The van der Waals surface area contributed by atoms with Crippen molar-refractivity contribution in [2.45, 2.75) is 18.4 Å². The fourth-order valence-corrected chi connectivity index (χ4v) is 4.31. The van der Waals surface area contributed by atoms with Crippen LogP contribution in [-0.2, 0) is 0 Å². The average molecular weight is 360 g/mol. The summed E-state index contributed by atoms with van der Waals surface area (Å²) in [6.45, 7) is 0. The molecule has 2 N–H and O–H groups in total. The Balaban J connectivity index is 1.88. The lowest BCUT2D eigenvalue weighted by Gasteiger charge is -2.38. The third kappa shape index (κ3) is 2.40. The molecule has 0 aromatic heterocycles. The molecule has 0 radical (unpaired) electrons. The molecule has 0 spiro atoms. The van der Waals surface area contributed by atoms with Gasteiger partial charge in [0.15, 0.2) is 0 Å². The van der Waals surface area contributed by atoms with Crippen molar-refractivity contribution in [3.8, 4) is 0 Å².